The maximum atomic E-state index is 11.7. The largest absolute Gasteiger partial charge is 0.389 e. The lowest BCUT2D eigenvalue weighted by Crippen LogP contribution is -2.26. The predicted molar refractivity (Wildman–Crippen MR) is 48.1 cm³/mol. The van der Waals surface area contributed by atoms with Gasteiger partial charge < -0.3 is 4.90 Å². The fraction of sp³-hybridized carbons (Fsp3) is 1.00. The molecular weight excluding hydrogens is 203 g/mol. The van der Waals surface area contributed by atoms with E-state index in [-0.39, 0.29) is 11.8 Å². The lowest BCUT2D eigenvalue weighted by Gasteiger charge is -2.17. The second-order valence-electron chi connectivity index (χ2n) is 3.26. The molecule has 1 unspecified atom stereocenters. The molecule has 0 N–H and O–H groups in total. The summed E-state index contributed by atoms with van der Waals surface area (Å²) in [7, 11) is 1.77. The number of nitrogens with zero attached hydrogens (tertiary/aromatic N) is 1. The minimum Gasteiger partial charge on any atom is -0.305 e. The molecule has 0 heterocycles. The molecule has 1 nitrogen and oxygen atoms in total. The highest BCUT2D eigenvalue weighted by atomic mass is 35.5. The molecule has 0 bridgehead atoms. The molecule has 0 aromatic carbocycles. The van der Waals surface area contributed by atoms with Gasteiger partial charge in [0.1, 0.15) is 0 Å². The lowest BCUT2D eigenvalue weighted by atomic mass is 10.3. The lowest BCUT2D eigenvalue weighted by molar-refractivity contribution is -0.136. The highest BCUT2D eigenvalue weighted by molar-refractivity contribution is 6.20. The van der Waals surface area contributed by atoms with Gasteiger partial charge in [-0.25, -0.2) is 0 Å². The van der Waals surface area contributed by atoms with Gasteiger partial charge in [0.15, 0.2) is 0 Å². The van der Waals surface area contributed by atoms with Gasteiger partial charge >= 0.3 is 6.18 Å². The van der Waals surface area contributed by atoms with Crippen molar-refractivity contribution < 1.29 is 13.2 Å². The Morgan fingerprint density at radius 3 is 2.31 bits per heavy atom. The third-order valence-corrected chi connectivity index (χ3v) is 1.70. The highest BCUT2D eigenvalue weighted by Crippen LogP contribution is 2.21. The molecule has 0 rings (SSSR count). The maximum Gasteiger partial charge on any atom is 0.389 e. The Balaban J connectivity index is 3.42. The second kappa shape index (κ2) is 5.70. The normalized spacial score (nSPS) is 15.0. The van der Waals surface area contributed by atoms with Crippen LogP contribution in [0.25, 0.3) is 0 Å². The number of alkyl halides is 4. The first-order valence-corrected chi connectivity index (χ1v) is 4.64. The van der Waals surface area contributed by atoms with Gasteiger partial charge in [-0.05, 0) is 26.9 Å². The van der Waals surface area contributed by atoms with Crippen LogP contribution in [0.15, 0.2) is 0 Å². The van der Waals surface area contributed by atoms with Crippen LogP contribution in [-0.2, 0) is 0 Å². The quantitative estimate of drug-likeness (QED) is 0.640. The molecule has 0 radical (unpaired) electrons. The Labute approximate surface area is 81.9 Å². The van der Waals surface area contributed by atoms with Crippen molar-refractivity contribution in [1.82, 2.24) is 4.90 Å². The average molecular weight is 218 g/mol. The summed E-state index contributed by atoms with van der Waals surface area (Å²) in [6, 6.07) is 0. The van der Waals surface area contributed by atoms with Crippen molar-refractivity contribution in [3.63, 3.8) is 0 Å². The molecule has 0 aliphatic carbocycles. The second-order valence-corrected chi connectivity index (χ2v) is 4.01. The van der Waals surface area contributed by atoms with E-state index in [1.54, 1.807) is 7.05 Å². The Morgan fingerprint density at radius 2 is 1.92 bits per heavy atom. The van der Waals surface area contributed by atoms with Crippen molar-refractivity contribution in [2.75, 3.05) is 20.1 Å². The van der Waals surface area contributed by atoms with E-state index < -0.39 is 12.6 Å². The molecule has 0 spiro atoms. The Bertz CT molecular complexity index is 136. The van der Waals surface area contributed by atoms with E-state index in [0.29, 0.717) is 13.1 Å². The molecule has 0 aliphatic rings. The van der Waals surface area contributed by atoms with Crippen LogP contribution in [0.3, 0.4) is 0 Å². The predicted octanol–water partition coefficient (Wildman–Crippen LogP) is 2.89. The number of halogens is 4. The van der Waals surface area contributed by atoms with Gasteiger partial charge in [0.2, 0.25) is 0 Å². The topological polar surface area (TPSA) is 3.24 Å². The van der Waals surface area contributed by atoms with Gasteiger partial charge in [0.25, 0.3) is 0 Å². The molecule has 0 saturated heterocycles. The summed E-state index contributed by atoms with van der Waals surface area (Å²) in [4.78, 5) is 1.81. The Kier molecular flexibility index (Phi) is 5.72. The summed E-state index contributed by atoms with van der Waals surface area (Å²) >= 11 is 5.68. The van der Waals surface area contributed by atoms with Crippen molar-refractivity contribution >= 4 is 11.6 Å². The van der Waals surface area contributed by atoms with Gasteiger partial charge in [-0.2, -0.15) is 13.2 Å². The molecule has 0 aromatic heterocycles. The smallest absolute Gasteiger partial charge is 0.305 e. The molecule has 0 aromatic rings. The zero-order valence-electron chi connectivity index (χ0n) is 7.86. The Morgan fingerprint density at radius 1 is 1.38 bits per heavy atom. The molecule has 1 atom stereocenters. The van der Waals surface area contributed by atoms with Crippen LogP contribution >= 0.6 is 11.6 Å². The van der Waals surface area contributed by atoms with Gasteiger partial charge in [-0.3, -0.25) is 0 Å². The van der Waals surface area contributed by atoms with Crippen LogP contribution < -0.4 is 0 Å². The van der Waals surface area contributed by atoms with Crippen LogP contribution in [0.5, 0.6) is 0 Å². The van der Waals surface area contributed by atoms with Gasteiger partial charge in [0.05, 0.1) is 0 Å². The first-order valence-electron chi connectivity index (χ1n) is 4.20. The number of hydrogen-bond donors (Lipinski definition) is 0. The monoisotopic (exact) mass is 217 g/mol. The summed E-state index contributed by atoms with van der Waals surface area (Å²) in [5, 5.41) is -0.0177. The first-order chi connectivity index (χ1) is 5.81. The third-order valence-electron chi connectivity index (χ3n) is 1.56. The van der Waals surface area contributed by atoms with Crippen LogP contribution in [0.4, 0.5) is 13.2 Å². The molecule has 80 valence electrons. The van der Waals surface area contributed by atoms with E-state index in [9.17, 15) is 13.2 Å². The Hall–Kier alpha value is 0.0400. The standard InChI is InChI=1S/C8H15ClF3N/c1-7(9)6-13(2)5-3-4-8(10,11)12/h7H,3-6H2,1-2H3. The van der Waals surface area contributed by atoms with Crippen LogP contribution in [-0.4, -0.2) is 36.6 Å². The van der Waals surface area contributed by atoms with E-state index in [1.165, 1.54) is 0 Å². The summed E-state index contributed by atoms with van der Waals surface area (Å²) in [5.41, 5.74) is 0. The third kappa shape index (κ3) is 9.96. The molecular formula is C8H15ClF3N. The van der Waals surface area contributed by atoms with Crippen molar-refractivity contribution in [2.45, 2.75) is 31.3 Å². The van der Waals surface area contributed by atoms with Crippen LogP contribution in [0.2, 0.25) is 0 Å². The minimum absolute atomic E-state index is 0.0177. The summed E-state index contributed by atoms with van der Waals surface area (Å²) in [5.74, 6) is 0. The van der Waals surface area contributed by atoms with Crippen LogP contribution in [0.1, 0.15) is 19.8 Å². The molecule has 0 aliphatic heterocycles. The summed E-state index contributed by atoms with van der Waals surface area (Å²) in [6.07, 6.45) is -4.61. The zero-order valence-corrected chi connectivity index (χ0v) is 8.62. The van der Waals surface area contributed by atoms with Crippen molar-refractivity contribution in [3.8, 4) is 0 Å². The fourth-order valence-corrected chi connectivity index (χ4v) is 1.31. The highest BCUT2D eigenvalue weighted by Gasteiger charge is 2.26. The molecule has 0 fully saturated rings. The van der Waals surface area contributed by atoms with E-state index in [1.807, 2.05) is 11.8 Å². The number of hydrogen-bond acceptors (Lipinski definition) is 1. The van der Waals surface area contributed by atoms with Gasteiger partial charge in [-0.1, -0.05) is 0 Å². The molecule has 13 heavy (non-hydrogen) atoms. The van der Waals surface area contributed by atoms with E-state index in [0.717, 1.165) is 0 Å². The van der Waals surface area contributed by atoms with Crippen molar-refractivity contribution in [2.24, 2.45) is 0 Å². The minimum atomic E-state index is -4.03. The van der Waals surface area contributed by atoms with Gasteiger partial charge in [0, 0.05) is 18.3 Å². The molecule has 0 amide bonds. The zero-order chi connectivity index (χ0) is 10.5. The molecule has 0 saturated carbocycles. The SMILES string of the molecule is CC(Cl)CN(C)CCCC(F)(F)F. The van der Waals surface area contributed by atoms with E-state index >= 15 is 0 Å². The summed E-state index contributed by atoms with van der Waals surface area (Å²) < 4.78 is 35.2. The number of rotatable bonds is 5. The fourth-order valence-electron chi connectivity index (χ4n) is 1.07. The van der Waals surface area contributed by atoms with Crippen molar-refractivity contribution in [1.29, 1.82) is 0 Å². The van der Waals surface area contributed by atoms with Gasteiger partial charge in [-0.15, -0.1) is 11.6 Å². The van der Waals surface area contributed by atoms with E-state index in [2.05, 4.69) is 0 Å². The maximum absolute atomic E-state index is 11.7. The molecule has 5 heteroatoms. The van der Waals surface area contributed by atoms with E-state index in [4.69, 9.17) is 11.6 Å². The van der Waals surface area contributed by atoms with Crippen molar-refractivity contribution in [3.05, 3.63) is 0 Å². The average Bonchev–Trinajstić information content (AvgIpc) is 1.81. The van der Waals surface area contributed by atoms with Crippen LogP contribution in [0, 0.1) is 0 Å². The first kappa shape index (κ1) is 13.0. The summed E-state index contributed by atoms with van der Waals surface area (Å²) in [6.45, 7) is 2.89.